The number of aliphatic hydroxyl groups is 1. The van der Waals surface area contributed by atoms with E-state index in [1.54, 1.807) is 6.07 Å². The van der Waals surface area contributed by atoms with Crippen LogP contribution in [0.25, 0.3) is 0 Å². The van der Waals surface area contributed by atoms with Gasteiger partial charge >= 0.3 is 0 Å². The normalized spacial score (nSPS) is 38.0. The molecule has 3 heterocycles. The lowest BCUT2D eigenvalue weighted by Crippen LogP contribution is -2.78. The van der Waals surface area contributed by atoms with Crippen molar-refractivity contribution in [1.82, 2.24) is 9.80 Å². The molecule has 0 radical (unpaired) electrons. The van der Waals surface area contributed by atoms with Crippen LogP contribution in [-0.4, -0.2) is 69.3 Å². The van der Waals surface area contributed by atoms with Gasteiger partial charge in [0.05, 0.1) is 17.1 Å². The Balaban J connectivity index is 1.16. The summed E-state index contributed by atoms with van der Waals surface area (Å²) in [5.41, 5.74) is 1.98. The molecule has 6 atom stereocenters. The van der Waals surface area contributed by atoms with E-state index in [1.807, 2.05) is 18.2 Å². The Bertz CT molecular complexity index is 1260. The Morgan fingerprint density at radius 1 is 1.00 bits per heavy atom. The summed E-state index contributed by atoms with van der Waals surface area (Å²) >= 11 is 0. The predicted molar refractivity (Wildman–Crippen MR) is 139 cm³/mol. The van der Waals surface area contributed by atoms with E-state index in [4.69, 9.17) is 4.74 Å². The number of carbonyl (C=O) groups excluding carboxylic acids is 1. The van der Waals surface area contributed by atoms with Crippen molar-refractivity contribution in [2.75, 3.05) is 19.6 Å². The fraction of sp³-hybridized carbons (Fsp3) is 0.581. The molecule has 2 N–H and O–H groups in total. The summed E-state index contributed by atoms with van der Waals surface area (Å²) in [6, 6.07) is 14.1. The molecule has 3 aliphatic carbocycles. The minimum atomic E-state index is -0.903. The second kappa shape index (κ2) is 7.73. The van der Waals surface area contributed by atoms with Gasteiger partial charge in [0.2, 0.25) is 5.91 Å². The van der Waals surface area contributed by atoms with Crippen LogP contribution in [0.15, 0.2) is 42.5 Å². The fourth-order valence-corrected chi connectivity index (χ4v) is 8.95. The quantitative estimate of drug-likeness (QED) is 0.658. The van der Waals surface area contributed by atoms with Crippen molar-refractivity contribution in [3.63, 3.8) is 0 Å². The number of phenolic OH excluding ortho intramolecular Hbond substituents is 1. The number of hydrogen-bond donors (Lipinski definition) is 2. The minimum Gasteiger partial charge on any atom is -0.504 e. The predicted octanol–water partition coefficient (Wildman–Crippen LogP) is 3.42. The summed E-state index contributed by atoms with van der Waals surface area (Å²) in [6.07, 6.45) is 6.94. The SMILES string of the molecule is O=C1C(Cc2ccccc2)CCN1[C@@H]1CC[C@@]2(O)[C@H]3Cc4ccc(O)c5c4[C@@]2(CCN3CC2CC2)[C@@H]1O5. The van der Waals surface area contributed by atoms with Crippen molar-refractivity contribution >= 4 is 5.91 Å². The van der Waals surface area contributed by atoms with Crippen LogP contribution in [0.1, 0.15) is 55.2 Å². The first kappa shape index (κ1) is 22.4. The summed E-state index contributed by atoms with van der Waals surface area (Å²) in [5, 5.41) is 23.6. The average Bonchev–Trinajstić information content (AvgIpc) is 3.55. The Hall–Kier alpha value is -2.57. The topological polar surface area (TPSA) is 73.2 Å². The smallest absolute Gasteiger partial charge is 0.226 e. The number of benzene rings is 2. The molecule has 37 heavy (non-hydrogen) atoms. The van der Waals surface area contributed by atoms with Gasteiger partial charge in [-0.2, -0.15) is 0 Å². The number of likely N-dealkylation sites (tertiary alicyclic amines) is 2. The molecule has 2 aromatic carbocycles. The second-order valence-corrected chi connectivity index (χ2v) is 12.6. The summed E-state index contributed by atoms with van der Waals surface area (Å²) in [7, 11) is 0. The molecule has 6 nitrogen and oxygen atoms in total. The third kappa shape index (κ3) is 2.97. The Morgan fingerprint density at radius 3 is 2.65 bits per heavy atom. The van der Waals surface area contributed by atoms with E-state index in [9.17, 15) is 15.0 Å². The summed E-state index contributed by atoms with van der Waals surface area (Å²) in [5.74, 6) is 1.71. The second-order valence-electron chi connectivity index (χ2n) is 12.6. The lowest BCUT2D eigenvalue weighted by atomic mass is 9.48. The van der Waals surface area contributed by atoms with E-state index in [0.717, 1.165) is 63.2 Å². The first-order valence-corrected chi connectivity index (χ1v) is 14.3. The Kier molecular flexibility index (Phi) is 4.68. The maximum absolute atomic E-state index is 13.8. The minimum absolute atomic E-state index is 0.00653. The van der Waals surface area contributed by atoms with Crippen LogP contribution < -0.4 is 4.74 Å². The van der Waals surface area contributed by atoms with Gasteiger partial charge in [0.15, 0.2) is 11.5 Å². The van der Waals surface area contributed by atoms with Crippen LogP contribution in [0.2, 0.25) is 0 Å². The molecule has 2 saturated heterocycles. The highest BCUT2D eigenvalue weighted by molar-refractivity contribution is 5.82. The van der Waals surface area contributed by atoms with Crippen LogP contribution in [0.4, 0.5) is 0 Å². The maximum atomic E-state index is 13.8. The van der Waals surface area contributed by atoms with Gasteiger partial charge in [-0.05, 0) is 81.0 Å². The van der Waals surface area contributed by atoms with E-state index in [0.29, 0.717) is 12.2 Å². The van der Waals surface area contributed by atoms with E-state index in [2.05, 4.69) is 28.0 Å². The van der Waals surface area contributed by atoms with Gasteiger partial charge < -0.3 is 19.8 Å². The third-order valence-corrected chi connectivity index (χ3v) is 10.8. The Labute approximate surface area is 218 Å². The highest BCUT2D eigenvalue weighted by Gasteiger charge is 2.73. The molecule has 1 unspecified atom stereocenters. The zero-order chi connectivity index (χ0) is 24.9. The molecule has 6 heteroatoms. The molecule has 2 saturated carbocycles. The van der Waals surface area contributed by atoms with Crippen molar-refractivity contribution in [2.24, 2.45) is 11.8 Å². The number of aromatic hydroxyl groups is 1. The van der Waals surface area contributed by atoms with E-state index in [1.165, 1.54) is 24.0 Å². The number of piperidine rings is 1. The highest BCUT2D eigenvalue weighted by Crippen LogP contribution is 2.66. The summed E-state index contributed by atoms with van der Waals surface area (Å²) in [6.45, 7) is 2.75. The summed E-state index contributed by atoms with van der Waals surface area (Å²) < 4.78 is 6.71. The van der Waals surface area contributed by atoms with Gasteiger partial charge in [0.25, 0.3) is 0 Å². The largest absolute Gasteiger partial charge is 0.504 e. The molecular weight excluding hydrogens is 464 g/mol. The van der Waals surface area contributed by atoms with Gasteiger partial charge in [0, 0.05) is 30.6 Å². The fourth-order valence-electron chi connectivity index (χ4n) is 8.95. The van der Waals surface area contributed by atoms with Crippen molar-refractivity contribution in [3.05, 3.63) is 59.2 Å². The van der Waals surface area contributed by atoms with Crippen molar-refractivity contribution < 1.29 is 19.7 Å². The van der Waals surface area contributed by atoms with Crippen molar-refractivity contribution in [1.29, 1.82) is 0 Å². The lowest BCUT2D eigenvalue weighted by molar-refractivity contribution is -0.200. The molecule has 1 amide bonds. The number of carbonyl (C=O) groups is 1. The van der Waals surface area contributed by atoms with Gasteiger partial charge in [-0.1, -0.05) is 36.4 Å². The van der Waals surface area contributed by atoms with Crippen LogP contribution in [-0.2, 0) is 23.1 Å². The first-order chi connectivity index (χ1) is 18.0. The maximum Gasteiger partial charge on any atom is 0.226 e. The van der Waals surface area contributed by atoms with Gasteiger partial charge in [-0.25, -0.2) is 0 Å². The molecule has 3 aliphatic heterocycles. The molecule has 8 rings (SSSR count). The highest BCUT2D eigenvalue weighted by atomic mass is 16.5. The van der Waals surface area contributed by atoms with Crippen molar-refractivity contribution in [3.8, 4) is 11.5 Å². The number of amides is 1. The molecule has 4 fully saturated rings. The van der Waals surface area contributed by atoms with Crippen LogP contribution in [0.3, 0.4) is 0 Å². The number of ether oxygens (including phenoxy) is 1. The van der Waals surface area contributed by atoms with Crippen LogP contribution in [0.5, 0.6) is 11.5 Å². The number of rotatable bonds is 5. The summed E-state index contributed by atoms with van der Waals surface area (Å²) in [4.78, 5) is 18.4. The van der Waals surface area contributed by atoms with Gasteiger partial charge in [-0.3, -0.25) is 9.69 Å². The van der Waals surface area contributed by atoms with E-state index in [-0.39, 0.29) is 35.8 Å². The van der Waals surface area contributed by atoms with Crippen LogP contribution in [0, 0.1) is 11.8 Å². The van der Waals surface area contributed by atoms with Crippen LogP contribution >= 0.6 is 0 Å². The number of nitrogens with zero attached hydrogens (tertiary/aromatic N) is 2. The molecule has 1 spiro atoms. The third-order valence-electron chi connectivity index (χ3n) is 10.8. The molecule has 2 bridgehead atoms. The Morgan fingerprint density at radius 2 is 1.84 bits per heavy atom. The standard InChI is InChI=1S/C31H36N2O4/c34-24-9-8-21-17-25-31(36)12-10-23(33-14-11-22(29(33)35)16-19-4-2-1-3-5-19)28-30(31,26(21)27(24)37-28)13-15-32(25)18-20-6-7-20/h1-5,8-9,20,22-23,25,28,34,36H,6-7,10-18H2/t22?,23-,25-,28-,30+,31-/m1/s1. The van der Waals surface area contributed by atoms with Gasteiger partial charge in [0.1, 0.15) is 6.10 Å². The molecule has 6 aliphatic rings. The zero-order valence-electron chi connectivity index (χ0n) is 21.3. The monoisotopic (exact) mass is 500 g/mol. The van der Waals surface area contributed by atoms with Gasteiger partial charge in [-0.15, -0.1) is 0 Å². The zero-order valence-corrected chi connectivity index (χ0v) is 21.3. The first-order valence-electron chi connectivity index (χ1n) is 14.3. The van der Waals surface area contributed by atoms with E-state index < -0.39 is 11.0 Å². The molecule has 194 valence electrons. The molecule has 2 aromatic rings. The lowest BCUT2D eigenvalue weighted by Gasteiger charge is -2.64. The molecular formula is C31H36N2O4. The number of phenols is 1. The molecule has 0 aromatic heterocycles. The average molecular weight is 501 g/mol. The number of hydrogen-bond acceptors (Lipinski definition) is 5. The van der Waals surface area contributed by atoms with E-state index >= 15 is 0 Å². The van der Waals surface area contributed by atoms with Crippen molar-refractivity contribution in [2.45, 2.75) is 80.6 Å².